The van der Waals surface area contributed by atoms with E-state index >= 15 is 0 Å². The van der Waals surface area contributed by atoms with E-state index in [1.54, 1.807) is 0 Å². The summed E-state index contributed by atoms with van der Waals surface area (Å²) in [6.45, 7) is 0. The third-order valence-electron chi connectivity index (χ3n) is 17.4. The van der Waals surface area contributed by atoms with Crippen molar-refractivity contribution in [1.29, 1.82) is 0 Å². The van der Waals surface area contributed by atoms with Crippen molar-refractivity contribution in [3.63, 3.8) is 0 Å². The summed E-state index contributed by atoms with van der Waals surface area (Å²) in [5.74, 6) is 0. The lowest BCUT2D eigenvalue weighted by Gasteiger charge is -2.20. The number of rotatable bonds is 6. The van der Waals surface area contributed by atoms with E-state index < -0.39 is 0 Å². The van der Waals surface area contributed by atoms with Gasteiger partial charge in [0.2, 0.25) is 0 Å². The van der Waals surface area contributed by atoms with Gasteiger partial charge in [0.15, 0.2) is 0 Å². The molecule has 0 radical (unpaired) electrons. The Morgan fingerprint density at radius 2 is 0.440 bits per heavy atom. The lowest BCUT2D eigenvalue weighted by atomic mass is 9.83. The van der Waals surface area contributed by atoms with E-state index in [0.717, 1.165) is 0 Å². The van der Waals surface area contributed by atoms with Crippen molar-refractivity contribution in [3.05, 3.63) is 328 Å². The second-order valence-corrected chi connectivity index (χ2v) is 22.2. The highest BCUT2D eigenvalue weighted by atomic mass is 14.2. The fourth-order valence-corrected chi connectivity index (χ4v) is 13.6. The lowest BCUT2D eigenvalue weighted by Crippen LogP contribution is -1.92. The molecule has 0 aliphatic rings. The molecule has 17 rings (SSSR count). The zero-order chi connectivity index (χ0) is 55.5. The molecule has 0 heteroatoms. The molecule has 0 spiro atoms. The summed E-state index contributed by atoms with van der Waals surface area (Å²) >= 11 is 0. The first-order valence-electron chi connectivity index (χ1n) is 29.1. The van der Waals surface area contributed by atoms with Crippen LogP contribution in [0.4, 0.5) is 0 Å². The topological polar surface area (TPSA) is 0 Å². The predicted molar refractivity (Wildman–Crippen MR) is 363 cm³/mol. The first-order valence-corrected chi connectivity index (χ1v) is 29.1. The second kappa shape index (κ2) is 20.6. The molecular formula is C84H54. The Hall–Kier alpha value is -10.9. The Labute approximate surface area is 488 Å². The van der Waals surface area contributed by atoms with Crippen molar-refractivity contribution in [2.45, 2.75) is 0 Å². The monoisotopic (exact) mass is 1060 g/mol. The van der Waals surface area contributed by atoms with Crippen molar-refractivity contribution in [2.24, 2.45) is 0 Å². The third kappa shape index (κ3) is 8.38. The largest absolute Gasteiger partial charge is 0.0616 e. The van der Waals surface area contributed by atoms with Crippen LogP contribution in [0.1, 0.15) is 0 Å². The summed E-state index contributed by atoms with van der Waals surface area (Å²) in [7, 11) is 0. The van der Waals surface area contributed by atoms with Gasteiger partial charge in [-0.25, -0.2) is 0 Å². The van der Waals surface area contributed by atoms with Crippen molar-refractivity contribution in [3.8, 4) is 66.8 Å². The molecule has 17 aromatic rings. The fraction of sp³-hybridized carbons (Fsp3) is 0. The first kappa shape index (κ1) is 48.9. The van der Waals surface area contributed by atoms with Gasteiger partial charge in [0.05, 0.1) is 0 Å². The van der Waals surface area contributed by atoms with Gasteiger partial charge < -0.3 is 0 Å². The number of benzene rings is 17. The fourth-order valence-electron chi connectivity index (χ4n) is 13.6. The van der Waals surface area contributed by atoms with E-state index in [9.17, 15) is 0 Å². The van der Waals surface area contributed by atoms with Gasteiger partial charge in [0.25, 0.3) is 0 Å². The van der Waals surface area contributed by atoms with Crippen LogP contribution in [0.3, 0.4) is 0 Å². The molecule has 0 N–H and O–H groups in total. The Morgan fingerprint density at radius 1 is 0.119 bits per heavy atom. The summed E-state index contributed by atoms with van der Waals surface area (Å²) in [6.07, 6.45) is 0. The minimum Gasteiger partial charge on any atom is -0.0616 e. The van der Waals surface area contributed by atoms with Crippen molar-refractivity contribution in [2.75, 3.05) is 0 Å². The molecular weight excluding hydrogens is 1010 g/mol. The summed E-state index contributed by atoms with van der Waals surface area (Å²) in [6, 6.07) is 120. The average Bonchev–Trinajstić information content (AvgIpc) is 1.08. The molecule has 0 saturated carbocycles. The van der Waals surface area contributed by atoms with Gasteiger partial charge in [-0.1, -0.05) is 297 Å². The van der Waals surface area contributed by atoms with E-state index in [1.807, 2.05) is 0 Å². The van der Waals surface area contributed by atoms with Crippen LogP contribution in [0.25, 0.3) is 164 Å². The standard InChI is InChI=1S/C44H28.C40H26/c1-3-18-33-29(13-1)15-12-26-34(33)30-16-11-17-32(27-30)43-38-22-7-9-24-40(38)44(41-25-10-8-23-39(41)43)42-28-31-14-2-4-19-35(31)36-20-5-6-21-37(36)42;1-3-12-29-24-32(22-20-27(29)10-1)31-14-9-15-33(26-31)39-35-16-5-7-18-37(35)40(38-19-8-6-17-36(38)39)34-23-21-28-11-2-4-13-30(28)25-34/h1-28H;1-26H. The lowest BCUT2D eigenvalue weighted by molar-refractivity contribution is 1.63. The van der Waals surface area contributed by atoms with Crippen LogP contribution in [-0.2, 0) is 0 Å². The average molecular weight is 1060 g/mol. The first-order chi connectivity index (χ1) is 41.7. The van der Waals surface area contributed by atoms with Gasteiger partial charge in [-0.05, 0) is 194 Å². The minimum atomic E-state index is 1.23. The van der Waals surface area contributed by atoms with E-state index in [2.05, 4.69) is 328 Å². The SMILES string of the molecule is c1cc(-c2ccc3ccccc3c2)cc(-c2c3ccccc3c(-c3ccc4ccccc4c3)c3ccccc23)c1.c1cc(-c2cccc3ccccc23)cc(-c2c3ccccc3c(-c3cc4ccccc4c4ccccc34)c3ccccc23)c1. The van der Waals surface area contributed by atoms with Crippen molar-refractivity contribution >= 4 is 97.0 Å². The van der Waals surface area contributed by atoms with Crippen LogP contribution in [0.5, 0.6) is 0 Å². The molecule has 0 fully saturated rings. The normalized spacial score (nSPS) is 11.6. The number of fused-ring (bicyclic) bond motifs is 10. The number of hydrogen-bond donors (Lipinski definition) is 0. The molecule has 390 valence electrons. The van der Waals surface area contributed by atoms with Crippen LogP contribution in [0.15, 0.2) is 328 Å². The van der Waals surface area contributed by atoms with Crippen LogP contribution >= 0.6 is 0 Å². The third-order valence-corrected chi connectivity index (χ3v) is 17.4. The molecule has 0 aliphatic heterocycles. The highest BCUT2D eigenvalue weighted by Crippen LogP contribution is 2.48. The van der Waals surface area contributed by atoms with Crippen molar-refractivity contribution in [1.82, 2.24) is 0 Å². The summed E-state index contributed by atoms with van der Waals surface area (Å²) < 4.78 is 0. The van der Waals surface area contributed by atoms with Crippen molar-refractivity contribution < 1.29 is 0 Å². The number of hydrogen-bond acceptors (Lipinski definition) is 0. The zero-order valence-electron chi connectivity index (χ0n) is 46.2. The predicted octanol–water partition coefficient (Wildman–Crippen LogP) is 23.8. The Morgan fingerprint density at radius 3 is 0.976 bits per heavy atom. The van der Waals surface area contributed by atoms with Crippen LogP contribution < -0.4 is 0 Å². The minimum absolute atomic E-state index is 1.23. The maximum atomic E-state index is 2.40. The molecule has 0 nitrogen and oxygen atoms in total. The quantitative estimate of drug-likeness (QED) is 0.115. The molecule has 84 heavy (non-hydrogen) atoms. The van der Waals surface area contributed by atoms with E-state index in [1.165, 1.54) is 164 Å². The van der Waals surface area contributed by atoms with Gasteiger partial charge in [-0.3, -0.25) is 0 Å². The van der Waals surface area contributed by atoms with Gasteiger partial charge >= 0.3 is 0 Å². The molecule has 17 aromatic carbocycles. The van der Waals surface area contributed by atoms with Crippen LogP contribution in [-0.4, -0.2) is 0 Å². The Kier molecular flexibility index (Phi) is 12.0. The summed E-state index contributed by atoms with van der Waals surface area (Å²) in [4.78, 5) is 0. The molecule has 0 aromatic heterocycles. The summed E-state index contributed by atoms with van der Waals surface area (Å²) in [5, 5.41) is 22.9. The Bertz CT molecular complexity index is 5330. The zero-order valence-corrected chi connectivity index (χ0v) is 46.2. The van der Waals surface area contributed by atoms with E-state index in [-0.39, 0.29) is 0 Å². The van der Waals surface area contributed by atoms with Crippen LogP contribution in [0, 0.1) is 0 Å². The molecule has 0 aliphatic carbocycles. The molecule has 0 heterocycles. The molecule has 0 unspecified atom stereocenters. The smallest absolute Gasteiger partial charge is 0.00199 e. The highest BCUT2D eigenvalue weighted by molar-refractivity contribution is 6.26. The van der Waals surface area contributed by atoms with E-state index in [4.69, 9.17) is 0 Å². The van der Waals surface area contributed by atoms with Gasteiger partial charge in [-0.15, -0.1) is 0 Å². The van der Waals surface area contributed by atoms with E-state index in [0.29, 0.717) is 0 Å². The maximum absolute atomic E-state index is 2.40. The highest BCUT2D eigenvalue weighted by Gasteiger charge is 2.21. The van der Waals surface area contributed by atoms with Gasteiger partial charge in [-0.2, -0.15) is 0 Å². The van der Waals surface area contributed by atoms with Gasteiger partial charge in [0.1, 0.15) is 0 Å². The van der Waals surface area contributed by atoms with Gasteiger partial charge in [0, 0.05) is 0 Å². The molecule has 0 saturated heterocycles. The maximum Gasteiger partial charge on any atom is -0.00199 e. The second-order valence-electron chi connectivity index (χ2n) is 22.2. The van der Waals surface area contributed by atoms with Crippen LogP contribution in [0.2, 0.25) is 0 Å². The molecule has 0 atom stereocenters. The summed E-state index contributed by atoms with van der Waals surface area (Å²) in [5.41, 5.74) is 15.1. The molecule has 0 bridgehead atoms. The Balaban J connectivity index is 0.000000138. The molecule has 0 amide bonds.